The first-order chi connectivity index (χ1) is 15.4. The fourth-order valence-corrected chi connectivity index (χ4v) is 3.94. The number of halogens is 3. The highest BCUT2D eigenvalue weighted by Gasteiger charge is 2.35. The highest BCUT2D eigenvalue weighted by molar-refractivity contribution is 7.12. The molecule has 4 rings (SSSR count). The van der Waals surface area contributed by atoms with Crippen LogP contribution in [0.5, 0.6) is 11.5 Å². The molecule has 0 aliphatic heterocycles. The molecular formula is C23H20F3N3O2S. The van der Waals surface area contributed by atoms with Gasteiger partial charge >= 0.3 is 6.18 Å². The van der Waals surface area contributed by atoms with Gasteiger partial charge in [0.1, 0.15) is 11.5 Å². The number of nitrogens with zero attached hydrogens (tertiary/aromatic N) is 3. The first kappa shape index (κ1) is 21.9. The fraction of sp³-hybridized carbons (Fsp3) is 0.217. The summed E-state index contributed by atoms with van der Waals surface area (Å²) in [7, 11) is 0. The molecule has 0 amide bonds. The van der Waals surface area contributed by atoms with Crippen LogP contribution in [0.25, 0.3) is 27.6 Å². The highest BCUT2D eigenvalue weighted by atomic mass is 32.1. The van der Waals surface area contributed by atoms with E-state index in [2.05, 4.69) is 10.1 Å². The van der Waals surface area contributed by atoms with Crippen molar-refractivity contribution in [2.45, 2.75) is 20.0 Å². The van der Waals surface area contributed by atoms with Crippen molar-refractivity contribution in [2.75, 3.05) is 13.2 Å². The van der Waals surface area contributed by atoms with E-state index in [4.69, 9.17) is 9.47 Å². The van der Waals surface area contributed by atoms with Gasteiger partial charge in [-0.3, -0.25) is 0 Å². The van der Waals surface area contributed by atoms with E-state index in [9.17, 15) is 13.2 Å². The van der Waals surface area contributed by atoms with E-state index in [1.807, 2.05) is 38.1 Å². The molecule has 0 unspecified atom stereocenters. The van der Waals surface area contributed by atoms with Gasteiger partial charge in [-0.1, -0.05) is 0 Å². The highest BCUT2D eigenvalue weighted by Crippen LogP contribution is 2.35. The van der Waals surface area contributed by atoms with Gasteiger partial charge in [-0.25, -0.2) is 9.67 Å². The number of alkyl halides is 3. The monoisotopic (exact) mass is 459 g/mol. The second-order valence-electron chi connectivity index (χ2n) is 6.75. The Morgan fingerprint density at radius 2 is 1.44 bits per heavy atom. The van der Waals surface area contributed by atoms with E-state index < -0.39 is 11.9 Å². The zero-order valence-electron chi connectivity index (χ0n) is 17.4. The van der Waals surface area contributed by atoms with Crippen LogP contribution in [0, 0.1) is 0 Å². The van der Waals surface area contributed by atoms with Crippen molar-refractivity contribution in [2.24, 2.45) is 0 Å². The van der Waals surface area contributed by atoms with Gasteiger partial charge in [-0.05, 0) is 68.4 Å². The lowest BCUT2D eigenvalue weighted by atomic mass is 10.1. The molecule has 0 aliphatic rings. The van der Waals surface area contributed by atoms with Crippen LogP contribution < -0.4 is 9.47 Å². The maximum absolute atomic E-state index is 13.4. The number of hydrogen-bond donors (Lipinski definition) is 0. The van der Waals surface area contributed by atoms with Crippen molar-refractivity contribution in [3.63, 3.8) is 0 Å². The summed E-state index contributed by atoms with van der Waals surface area (Å²) in [6.07, 6.45) is -4.57. The largest absolute Gasteiger partial charge is 0.494 e. The Hall–Kier alpha value is -3.33. The predicted octanol–water partition coefficient (Wildman–Crippen LogP) is 6.48. The van der Waals surface area contributed by atoms with Crippen LogP contribution in [0.2, 0.25) is 0 Å². The molecular weight excluding hydrogens is 439 g/mol. The van der Waals surface area contributed by atoms with Crippen LogP contribution in [-0.4, -0.2) is 28.0 Å². The minimum atomic E-state index is -4.57. The van der Waals surface area contributed by atoms with E-state index in [0.29, 0.717) is 41.0 Å². The summed E-state index contributed by atoms with van der Waals surface area (Å²) in [5.41, 5.74) is 1.39. The third-order valence-electron chi connectivity index (χ3n) is 4.60. The minimum Gasteiger partial charge on any atom is -0.494 e. The molecule has 0 spiro atoms. The molecule has 166 valence electrons. The van der Waals surface area contributed by atoms with E-state index in [0.717, 1.165) is 17.4 Å². The van der Waals surface area contributed by atoms with Crippen LogP contribution in [0.3, 0.4) is 0 Å². The van der Waals surface area contributed by atoms with Gasteiger partial charge in [0.25, 0.3) is 0 Å². The SMILES string of the molecule is CCOc1ccc(-c2csc(-n3nc(C(F)(F)F)cc3-c3ccc(OCC)cc3)n2)cc1. The molecule has 0 radical (unpaired) electrons. The number of rotatable bonds is 7. The molecule has 5 nitrogen and oxygen atoms in total. The second-order valence-corrected chi connectivity index (χ2v) is 7.59. The van der Waals surface area contributed by atoms with Crippen molar-refractivity contribution >= 4 is 11.3 Å². The number of benzene rings is 2. The zero-order chi connectivity index (χ0) is 22.7. The van der Waals surface area contributed by atoms with E-state index in [1.54, 1.807) is 29.6 Å². The lowest BCUT2D eigenvalue weighted by molar-refractivity contribution is -0.141. The first-order valence-corrected chi connectivity index (χ1v) is 10.9. The second kappa shape index (κ2) is 9.04. The van der Waals surface area contributed by atoms with E-state index >= 15 is 0 Å². The summed E-state index contributed by atoms with van der Waals surface area (Å²) < 4.78 is 52.4. The summed E-state index contributed by atoms with van der Waals surface area (Å²) in [5, 5.41) is 5.96. The summed E-state index contributed by atoms with van der Waals surface area (Å²) in [4.78, 5) is 4.54. The molecule has 0 fully saturated rings. The minimum absolute atomic E-state index is 0.299. The van der Waals surface area contributed by atoms with Gasteiger partial charge in [0.05, 0.1) is 24.6 Å². The average molecular weight is 459 g/mol. The van der Waals surface area contributed by atoms with Crippen LogP contribution in [0.15, 0.2) is 60.0 Å². The Bertz CT molecular complexity index is 1180. The Morgan fingerprint density at radius 1 is 0.875 bits per heavy atom. The maximum atomic E-state index is 13.4. The van der Waals surface area contributed by atoms with E-state index in [-0.39, 0.29) is 0 Å². The predicted molar refractivity (Wildman–Crippen MR) is 117 cm³/mol. The Labute approximate surface area is 187 Å². The molecule has 9 heteroatoms. The molecule has 2 aromatic carbocycles. The Balaban J connectivity index is 1.72. The third kappa shape index (κ3) is 4.62. The van der Waals surface area contributed by atoms with Crippen molar-refractivity contribution in [1.29, 1.82) is 0 Å². The van der Waals surface area contributed by atoms with Gasteiger partial charge in [-0.2, -0.15) is 18.3 Å². The Morgan fingerprint density at radius 3 is 1.97 bits per heavy atom. The molecule has 2 heterocycles. The third-order valence-corrected chi connectivity index (χ3v) is 5.41. The summed E-state index contributed by atoms with van der Waals surface area (Å²) in [5.74, 6) is 1.39. The quantitative estimate of drug-likeness (QED) is 0.317. The molecule has 4 aromatic rings. The van der Waals surface area contributed by atoms with Gasteiger partial charge in [0.2, 0.25) is 5.13 Å². The first-order valence-electron chi connectivity index (χ1n) is 9.98. The molecule has 2 aromatic heterocycles. The fourth-order valence-electron chi connectivity index (χ4n) is 3.14. The van der Waals surface area contributed by atoms with Gasteiger partial charge in [0, 0.05) is 16.5 Å². The van der Waals surface area contributed by atoms with E-state index in [1.165, 1.54) is 16.0 Å². The van der Waals surface area contributed by atoms with Crippen LogP contribution in [0.1, 0.15) is 19.5 Å². The number of aromatic nitrogens is 3. The van der Waals surface area contributed by atoms with Crippen LogP contribution in [0.4, 0.5) is 13.2 Å². The molecule has 0 saturated carbocycles. The van der Waals surface area contributed by atoms with Crippen molar-refractivity contribution in [3.8, 4) is 39.1 Å². The molecule has 32 heavy (non-hydrogen) atoms. The molecule has 0 N–H and O–H groups in total. The topological polar surface area (TPSA) is 49.2 Å². The van der Waals surface area contributed by atoms with Gasteiger partial charge in [0.15, 0.2) is 5.69 Å². The lowest BCUT2D eigenvalue weighted by Gasteiger charge is -2.06. The Kier molecular flexibility index (Phi) is 6.18. The lowest BCUT2D eigenvalue weighted by Crippen LogP contribution is -2.07. The normalized spacial score (nSPS) is 11.5. The standard InChI is InChI=1S/C23H20F3N3O2S/c1-3-30-17-9-5-15(6-10-17)19-14-32-22(27-19)29-20(13-21(28-29)23(24,25)26)16-7-11-18(12-8-16)31-4-2/h5-14H,3-4H2,1-2H3. The number of ether oxygens (including phenoxy) is 2. The molecule has 0 bridgehead atoms. The molecule has 0 atom stereocenters. The van der Waals surface area contributed by atoms with Crippen molar-refractivity contribution in [1.82, 2.24) is 14.8 Å². The van der Waals surface area contributed by atoms with Gasteiger partial charge < -0.3 is 9.47 Å². The summed E-state index contributed by atoms with van der Waals surface area (Å²) in [6, 6.07) is 15.3. The average Bonchev–Trinajstić information content (AvgIpc) is 3.43. The smallest absolute Gasteiger partial charge is 0.435 e. The van der Waals surface area contributed by atoms with Crippen molar-refractivity contribution < 1.29 is 22.6 Å². The van der Waals surface area contributed by atoms with Crippen molar-refractivity contribution in [3.05, 3.63) is 65.7 Å². The van der Waals surface area contributed by atoms with Crippen LogP contribution in [-0.2, 0) is 6.18 Å². The molecule has 0 saturated heterocycles. The summed E-state index contributed by atoms with van der Waals surface area (Å²) in [6.45, 7) is 4.84. The number of thiazole rings is 1. The van der Waals surface area contributed by atoms with Gasteiger partial charge in [-0.15, -0.1) is 11.3 Å². The number of hydrogen-bond acceptors (Lipinski definition) is 5. The molecule has 0 aliphatic carbocycles. The maximum Gasteiger partial charge on any atom is 0.435 e. The van der Waals surface area contributed by atoms with Crippen LogP contribution >= 0.6 is 11.3 Å². The summed E-state index contributed by atoms with van der Waals surface area (Å²) >= 11 is 1.22. The zero-order valence-corrected chi connectivity index (χ0v) is 18.2.